The molecular weight excluding hydrogens is 366 g/mol. The van der Waals surface area contributed by atoms with Gasteiger partial charge in [0, 0.05) is 23.6 Å². The summed E-state index contributed by atoms with van der Waals surface area (Å²) < 4.78 is 26.0. The van der Waals surface area contributed by atoms with Crippen LogP contribution in [0.1, 0.15) is 18.5 Å². The second-order valence-corrected chi connectivity index (χ2v) is 6.50. The third-order valence-corrected chi connectivity index (χ3v) is 4.45. The quantitative estimate of drug-likeness (QED) is 0.737. The van der Waals surface area contributed by atoms with Crippen LogP contribution in [-0.4, -0.2) is 28.7 Å². The lowest BCUT2D eigenvalue weighted by atomic mass is 10.2. The molecule has 0 spiro atoms. The summed E-state index contributed by atoms with van der Waals surface area (Å²) in [7, 11) is 0. The van der Waals surface area contributed by atoms with Gasteiger partial charge in [0.1, 0.15) is 6.04 Å². The lowest BCUT2D eigenvalue weighted by molar-refractivity contribution is -0.122. The molecule has 1 saturated heterocycles. The zero-order valence-corrected chi connectivity index (χ0v) is 14.2. The van der Waals surface area contributed by atoms with Gasteiger partial charge >= 0.3 is 0 Å². The highest BCUT2D eigenvalue weighted by Crippen LogP contribution is 2.18. The Morgan fingerprint density at radius 2 is 2.08 bits per heavy atom. The van der Waals surface area contributed by atoms with Crippen LogP contribution in [0.5, 0.6) is 0 Å². The van der Waals surface area contributed by atoms with Crippen molar-refractivity contribution in [3.8, 4) is 0 Å². The van der Waals surface area contributed by atoms with Gasteiger partial charge in [-0.15, -0.1) is 11.3 Å². The van der Waals surface area contributed by atoms with E-state index >= 15 is 0 Å². The highest BCUT2D eigenvalue weighted by Gasteiger charge is 2.27. The molecule has 10 heteroatoms. The maximum absolute atomic E-state index is 13.1. The van der Waals surface area contributed by atoms with E-state index in [0.29, 0.717) is 23.7 Å². The second kappa shape index (κ2) is 7.56. The van der Waals surface area contributed by atoms with Crippen molar-refractivity contribution in [2.24, 2.45) is 0 Å². The van der Waals surface area contributed by atoms with Gasteiger partial charge in [-0.2, -0.15) is 0 Å². The van der Waals surface area contributed by atoms with Crippen LogP contribution in [-0.2, 0) is 20.8 Å². The molecule has 1 aromatic carbocycles. The zero-order valence-electron chi connectivity index (χ0n) is 13.3. The van der Waals surface area contributed by atoms with Gasteiger partial charge in [-0.1, -0.05) is 0 Å². The Balaban J connectivity index is 1.54. The Morgan fingerprint density at radius 3 is 2.77 bits per heavy atom. The lowest BCUT2D eigenvalue weighted by Crippen LogP contribution is -2.37. The van der Waals surface area contributed by atoms with Crippen LogP contribution in [0.15, 0.2) is 23.6 Å². The van der Waals surface area contributed by atoms with Crippen molar-refractivity contribution in [3.63, 3.8) is 0 Å². The predicted octanol–water partition coefficient (Wildman–Crippen LogP) is 1.82. The smallest absolute Gasteiger partial charge is 0.248 e. The first kappa shape index (κ1) is 17.9. The van der Waals surface area contributed by atoms with Crippen LogP contribution in [0.2, 0.25) is 0 Å². The molecule has 1 atom stereocenters. The summed E-state index contributed by atoms with van der Waals surface area (Å²) in [5.74, 6) is -3.04. The highest BCUT2D eigenvalue weighted by atomic mass is 32.1. The van der Waals surface area contributed by atoms with E-state index < -0.39 is 23.6 Å². The summed E-state index contributed by atoms with van der Waals surface area (Å²) in [4.78, 5) is 39.2. The van der Waals surface area contributed by atoms with Gasteiger partial charge in [-0.05, 0) is 18.6 Å². The topological polar surface area (TPSA) is 100 Å². The molecule has 26 heavy (non-hydrogen) atoms. The predicted molar refractivity (Wildman–Crippen MR) is 90.6 cm³/mol. The van der Waals surface area contributed by atoms with Crippen LogP contribution >= 0.6 is 11.3 Å². The van der Waals surface area contributed by atoms with Gasteiger partial charge in [-0.25, -0.2) is 13.8 Å². The summed E-state index contributed by atoms with van der Waals surface area (Å²) in [5.41, 5.74) is 0.551. The van der Waals surface area contributed by atoms with E-state index in [-0.39, 0.29) is 23.9 Å². The van der Waals surface area contributed by atoms with Gasteiger partial charge in [0.25, 0.3) is 0 Å². The van der Waals surface area contributed by atoms with Crippen LogP contribution in [0.25, 0.3) is 0 Å². The van der Waals surface area contributed by atoms with Crippen LogP contribution in [0.3, 0.4) is 0 Å². The lowest BCUT2D eigenvalue weighted by Gasteiger charge is -2.08. The zero-order chi connectivity index (χ0) is 18.7. The number of rotatable bonds is 5. The van der Waals surface area contributed by atoms with Crippen molar-refractivity contribution in [3.05, 3.63) is 40.9 Å². The van der Waals surface area contributed by atoms with Gasteiger partial charge in [-0.3, -0.25) is 14.4 Å². The molecule has 3 N–H and O–H groups in total. The molecule has 0 radical (unpaired) electrons. The third kappa shape index (κ3) is 4.39. The molecule has 3 rings (SSSR count). The van der Waals surface area contributed by atoms with Crippen LogP contribution in [0, 0.1) is 11.6 Å². The molecule has 0 saturated carbocycles. The van der Waals surface area contributed by atoms with E-state index in [9.17, 15) is 23.2 Å². The molecule has 1 aliphatic heterocycles. The summed E-state index contributed by atoms with van der Waals surface area (Å²) in [5, 5.41) is 9.50. The third-order valence-electron chi connectivity index (χ3n) is 3.64. The van der Waals surface area contributed by atoms with Crippen LogP contribution in [0.4, 0.5) is 19.6 Å². The van der Waals surface area contributed by atoms with Crippen molar-refractivity contribution in [1.29, 1.82) is 0 Å². The molecule has 7 nitrogen and oxygen atoms in total. The Bertz CT molecular complexity index is 871. The van der Waals surface area contributed by atoms with Gasteiger partial charge in [0.15, 0.2) is 16.8 Å². The average molecular weight is 380 g/mol. The number of thiazole rings is 1. The second-order valence-electron chi connectivity index (χ2n) is 5.65. The minimum Gasteiger partial charge on any atom is -0.344 e. The number of nitrogens with one attached hydrogen (secondary N) is 3. The minimum absolute atomic E-state index is 0.0917. The standard InChI is InChI=1S/C16H14F2N4O3S/c17-10-2-1-8(5-11(10)18)19-14(24)6-9-7-26-16(20-9)22-15(25)12-3-4-13(23)21-12/h1-2,5,7,12H,3-4,6H2,(H,19,24)(H,21,23)(H,20,22,25). The van der Waals surface area contributed by atoms with E-state index in [1.807, 2.05) is 0 Å². The first-order valence-electron chi connectivity index (χ1n) is 7.70. The average Bonchev–Trinajstić information content (AvgIpc) is 3.20. The summed E-state index contributed by atoms with van der Waals surface area (Å²) in [6.45, 7) is 0. The van der Waals surface area contributed by atoms with E-state index in [0.717, 1.165) is 23.5 Å². The van der Waals surface area contributed by atoms with Crippen molar-refractivity contribution in [1.82, 2.24) is 10.3 Å². The highest BCUT2D eigenvalue weighted by molar-refractivity contribution is 7.13. The maximum atomic E-state index is 13.1. The fraction of sp³-hybridized carbons (Fsp3) is 0.250. The fourth-order valence-corrected chi connectivity index (χ4v) is 3.11. The normalized spacial score (nSPS) is 16.2. The number of benzene rings is 1. The molecule has 1 aliphatic rings. The summed E-state index contributed by atoms with van der Waals surface area (Å²) in [6, 6.07) is 2.48. The largest absolute Gasteiger partial charge is 0.344 e. The number of carbonyl (C=O) groups is 3. The van der Waals surface area contributed by atoms with Crippen molar-refractivity contribution >= 4 is 39.9 Å². The number of aromatic nitrogens is 1. The molecule has 136 valence electrons. The van der Waals surface area contributed by atoms with Gasteiger partial charge < -0.3 is 16.0 Å². The molecule has 1 aromatic heterocycles. The summed E-state index contributed by atoms with van der Waals surface area (Å²) in [6.07, 6.45) is 0.649. The first-order chi connectivity index (χ1) is 12.4. The Kier molecular flexibility index (Phi) is 5.21. The van der Waals surface area contributed by atoms with Crippen molar-refractivity contribution in [2.45, 2.75) is 25.3 Å². The number of amides is 3. The first-order valence-corrected chi connectivity index (χ1v) is 8.58. The number of anilines is 2. The number of hydrogen-bond donors (Lipinski definition) is 3. The number of hydrogen-bond acceptors (Lipinski definition) is 5. The molecule has 0 aliphatic carbocycles. The van der Waals surface area contributed by atoms with E-state index in [2.05, 4.69) is 20.9 Å². The molecule has 1 fully saturated rings. The molecule has 2 heterocycles. The number of halogens is 2. The van der Waals surface area contributed by atoms with Gasteiger partial charge in [0.05, 0.1) is 12.1 Å². The SMILES string of the molecule is O=C(Cc1csc(NC(=O)C2CCC(=O)N2)n1)Nc1ccc(F)c(F)c1. The van der Waals surface area contributed by atoms with E-state index in [4.69, 9.17) is 0 Å². The van der Waals surface area contributed by atoms with Crippen LogP contribution < -0.4 is 16.0 Å². The maximum Gasteiger partial charge on any atom is 0.248 e. The van der Waals surface area contributed by atoms with Crippen molar-refractivity contribution < 1.29 is 23.2 Å². The molecule has 0 bridgehead atoms. The number of nitrogens with zero attached hydrogens (tertiary/aromatic N) is 1. The fourth-order valence-electron chi connectivity index (χ4n) is 2.39. The van der Waals surface area contributed by atoms with Gasteiger partial charge in [0.2, 0.25) is 17.7 Å². The monoisotopic (exact) mass is 380 g/mol. The Morgan fingerprint density at radius 1 is 1.27 bits per heavy atom. The minimum atomic E-state index is -1.06. The molecular formula is C16H14F2N4O3S. The Hall–Kier alpha value is -2.88. The van der Waals surface area contributed by atoms with E-state index in [1.54, 1.807) is 5.38 Å². The number of carbonyl (C=O) groups excluding carboxylic acids is 3. The summed E-state index contributed by atoms with van der Waals surface area (Å²) >= 11 is 1.14. The van der Waals surface area contributed by atoms with Crippen molar-refractivity contribution in [2.75, 3.05) is 10.6 Å². The molecule has 2 aromatic rings. The van der Waals surface area contributed by atoms with E-state index in [1.165, 1.54) is 6.07 Å². The molecule has 1 unspecified atom stereocenters. The Labute approximate surface area is 150 Å². The molecule has 3 amide bonds.